The number of benzene rings is 1. The molecule has 1 amide bonds. The lowest BCUT2D eigenvalue weighted by atomic mass is 10.1. The number of hydrogen-bond acceptors (Lipinski definition) is 7. The van der Waals surface area contributed by atoms with Gasteiger partial charge in [-0.2, -0.15) is 0 Å². The summed E-state index contributed by atoms with van der Waals surface area (Å²) in [5.41, 5.74) is 1.22. The van der Waals surface area contributed by atoms with Crippen molar-refractivity contribution in [1.82, 2.24) is 9.88 Å². The van der Waals surface area contributed by atoms with Crippen LogP contribution in [0, 0.1) is 0 Å². The molecule has 1 aliphatic heterocycles. The number of aliphatic carboxylic acids is 2. The largest absolute Gasteiger partial charge is 0.497 e. The van der Waals surface area contributed by atoms with E-state index in [1.54, 1.807) is 31.4 Å². The zero-order chi connectivity index (χ0) is 21.1. The number of rotatable bonds is 7. The van der Waals surface area contributed by atoms with Crippen LogP contribution in [-0.2, 0) is 14.4 Å². The van der Waals surface area contributed by atoms with Crippen molar-refractivity contribution in [3.05, 3.63) is 40.9 Å². The molecule has 1 fully saturated rings. The number of carboxylic acids is 2. The number of methoxy groups -OCH3 is 1. The summed E-state index contributed by atoms with van der Waals surface area (Å²) in [6.45, 7) is 0. The summed E-state index contributed by atoms with van der Waals surface area (Å²) >= 11 is 6.14. The van der Waals surface area contributed by atoms with E-state index in [0.29, 0.717) is 17.0 Å². The van der Waals surface area contributed by atoms with E-state index >= 15 is 0 Å². The lowest BCUT2D eigenvalue weighted by Gasteiger charge is -2.22. The zero-order valence-corrected chi connectivity index (χ0v) is 16.8. The number of aromatic nitrogens is 1. The van der Waals surface area contributed by atoms with Crippen LogP contribution >= 0.6 is 24.0 Å². The number of pyridine rings is 1. The Hall–Kier alpha value is -2.98. The van der Waals surface area contributed by atoms with Gasteiger partial charge < -0.3 is 14.9 Å². The molecule has 150 valence electrons. The van der Waals surface area contributed by atoms with Crippen molar-refractivity contribution in [2.45, 2.75) is 18.9 Å². The topological polar surface area (TPSA) is 117 Å². The highest BCUT2D eigenvalue weighted by Crippen LogP contribution is 2.35. The molecule has 0 spiro atoms. The zero-order valence-electron chi connectivity index (χ0n) is 15.2. The third-order valence-electron chi connectivity index (χ3n) is 4.25. The smallest absolute Gasteiger partial charge is 0.326 e. The minimum atomic E-state index is -1.33. The number of carbonyl (C=O) groups excluding carboxylic acids is 1. The van der Waals surface area contributed by atoms with Crippen molar-refractivity contribution >= 4 is 63.1 Å². The average molecular weight is 432 g/mol. The number of ether oxygens (including phenoxy) is 1. The Morgan fingerprint density at radius 3 is 2.72 bits per heavy atom. The highest BCUT2D eigenvalue weighted by molar-refractivity contribution is 8.26. The van der Waals surface area contributed by atoms with Gasteiger partial charge in [0.15, 0.2) is 0 Å². The Balaban J connectivity index is 1.87. The molecule has 1 saturated heterocycles. The molecule has 2 N–H and O–H groups in total. The van der Waals surface area contributed by atoms with Gasteiger partial charge in [0.2, 0.25) is 0 Å². The minimum Gasteiger partial charge on any atom is -0.497 e. The molecule has 8 nitrogen and oxygen atoms in total. The van der Waals surface area contributed by atoms with Gasteiger partial charge in [-0.1, -0.05) is 30.0 Å². The van der Waals surface area contributed by atoms with E-state index in [9.17, 15) is 19.5 Å². The van der Waals surface area contributed by atoms with E-state index < -0.39 is 23.9 Å². The van der Waals surface area contributed by atoms with Gasteiger partial charge in [0.25, 0.3) is 5.91 Å². The molecule has 1 aromatic heterocycles. The first-order chi connectivity index (χ1) is 13.8. The highest BCUT2D eigenvalue weighted by atomic mass is 32.2. The van der Waals surface area contributed by atoms with Crippen molar-refractivity contribution in [2.75, 3.05) is 7.11 Å². The molecule has 1 atom stereocenters. The fourth-order valence-electron chi connectivity index (χ4n) is 2.83. The van der Waals surface area contributed by atoms with E-state index in [2.05, 4.69) is 4.98 Å². The summed E-state index contributed by atoms with van der Waals surface area (Å²) in [6, 6.07) is 7.65. The molecule has 0 radical (unpaired) electrons. The third-order valence-corrected chi connectivity index (χ3v) is 5.58. The molecular weight excluding hydrogens is 416 g/mol. The van der Waals surface area contributed by atoms with Crippen molar-refractivity contribution in [3.63, 3.8) is 0 Å². The first kappa shape index (κ1) is 20.7. The molecule has 10 heteroatoms. The summed E-state index contributed by atoms with van der Waals surface area (Å²) in [4.78, 5) is 40.8. The second-order valence-electron chi connectivity index (χ2n) is 6.13. The Bertz CT molecular complexity index is 1050. The number of nitrogens with zero attached hydrogens (tertiary/aromatic N) is 2. The van der Waals surface area contributed by atoms with Crippen molar-refractivity contribution < 1.29 is 29.3 Å². The molecule has 29 heavy (non-hydrogen) atoms. The van der Waals surface area contributed by atoms with Crippen molar-refractivity contribution in [1.29, 1.82) is 0 Å². The third kappa shape index (κ3) is 4.54. The number of thioether (sulfide) groups is 1. The van der Waals surface area contributed by atoms with Gasteiger partial charge in [-0.15, -0.1) is 0 Å². The van der Waals surface area contributed by atoms with Crippen LogP contribution in [-0.4, -0.2) is 55.4 Å². The fraction of sp³-hybridized carbons (Fsp3) is 0.211. The van der Waals surface area contributed by atoms with Crippen LogP contribution in [0.2, 0.25) is 0 Å². The van der Waals surface area contributed by atoms with Crippen LogP contribution in [0.5, 0.6) is 5.75 Å². The van der Waals surface area contributed by atoms with Crippen molar-refractivity contribution in [2.24, 2.45) is 0 Å². The number of carboxylic acid groups (broad SMARTS) is 2. The van der Waals surface area contributed by atoms with Crippen molar-refractivity contribution in [3.8, 4) is 5.75 Å². The monoisotopic (exact) mass is 432 g/mol. The van der Waals surface area contributed by atoms with Crippen LogP contribution in [0.1, 0.15) is 18.5 Å². The average Bonchev–Trinajstić information content (AvgIpc) is 2.95. The van der Waals surface area contributed by atoms with Gasteiger partial charge in [-0.05, 0) is 36.8 Å². The summed E-state index contributed by atoms with van der Waals surface area (Å²) in [5.74, 6) is -2.32. The SMILES string of the molecule is COc1ccc2nc(/C=C3/SC(=S)N([C@H](CCC(=O)O)C(=O)O)C3=O)ccc2c1. The summed E-state index contributed by atoms with van der Waals surface area (Å²) in [5, 5.41) is 19.1. The van der Waals surface area contributed by atoms with Gasteiger partial charge >= 0.3 is 11.9 Å². The maximum absolute atomic E-state index is 12.8. The lowest BCUT2D eigenvalue weighted by Crippen LogP contribution is -2.44. The van der Waals surface area contributed by atoms with E-state index in [0.717, 1.165) is 22.0 Å². The van der Waals surface area contributed by atoms with E-state index in [1.165, 1.54) is 0 Å². The summed E-state index contributed by atoms with van der Waals surface area (Å²) < 4.78 is 5.26. The highest BCUT2D eigenvalue weighted by Gasteiger charge is 2.40. The molecule has 0 saturated carbocycles. The molecule has 0 bridgehead atoms. The standard InChI is InChI=1S/C19H16N2O6S2/c1-27-12-4-5-13-10(8-12)2-3-11(20-13)9-15-17(24)21(19(28)29-15)14(18(25)26)6-7-16(22)23/h2-5,8-9,14H,6-7H2,1H3,(H,22,23)(H,25,26)/b15-9+/t14-/m1/s1. The summed E-state index contributed by atoms with van der Waals surface area (Å²) in [7, 11) is 1.58. The molecule has 2 aromatic rings. The van der Waals surface area contributed by atoms with Gasteiger partial charge in [0.05, 0.1) is 23.2 Å². The Morgan fingerprint density at radius 2 is 2.07 bits per heavy atom. The number of amides is 1. The Morgan fingerprint density at radius 1 is 1.31 bits per heavy atom. The van der Waals surface area contributed by atoms with E-state index in [1.807, 2.05) is 12.1 Å². The van der Waals surface area contributed by atoms with Gasteiger partial charge in [0.1, 0.15) is 16.1 Å². The number of carbonyl (C=O) groups is 3. The minimum absolute atomic E-state index is 0.0737. The Labute approximate surface area is 175 Å². The molecule has 0 aliphatic carbocycles. The molecule has 1 aromatic carbocycles. The molecule has 0 unspecified atom stereocenters. The molecule has 3 rings (SSSR count). The Kier molecular flexibility index (Phi) is 6.14. The van der Waals surface area contributed by atoms with Gasteiger partial charge in [-0.25, -0.2) is 9.78 Å². The van der Waals surface area contributed by atoms with Gasteiger partial charge in [0, 0.05) is 11.8 Å². The second-order valence-corrected chi connectivity index (χ2v) is 7.81. The number of thiocarbonyl (C=S) groups is 1. The molecule has 2 heterocycles. The fourth-order valence-corrected chi connectivity index (χ4v) is 4.17. The first-order valence-electron chi connectivity index (χ1n) is 8.46. The van der Waals surface area contributed by atoms with E-state index in [4.69, 9.17) is 22.1 Å². The van der Waals surface area contributed by atoms with Gasteiger partial charge in [-0.3, -0.25) is 14.5 Å². The first-order valence-corrected chi connectivity index (χ1v) is 9.69. The van der Waals surface area contributed by atoms with Crippen LogP contribution in [0.25, 0.3) is 17.0 Å². The molecular formula is C19H16N2O6S2. The quantitative estimate of drug-likeness (QED) is 0.503. The van der Waals surface area contributed by atoms with Crippen LogP contribution in [0.15, 0.2) is 35.2 Å². The summed E-state index contributed by atoms with van der Waals surface area (Å²) in [6.07, 6.45) is 0.919. The van der Waals surface area contributed by atoms with Crippen LogP contribution < -0.4 is 4.74 Å². The predicted octanol–water partition coefficient (Wildman–Crippen LogP) is 2.76. The van der Waals surface area contributed by atoms with E-state index in [-0.39, 0.29) is 22.1 Å². The molecule has 1 aliphatic rings. The van der Waals surface area contributed by atoms with Crippen LogP contribution in [0.3, 0.4) is 0 Å². The number of fused-ring (bicyclic) bond motifs is 1. The normalized spacial score (nSPS) is 16.4. The number of hydrogen-bond donors (Lipinski definition) is 2. The maximum atomic E-state index is 12.8. The predicted molar refractivity (Wildman–Crippen MR) is 112 cm³/mol. The lowest BCUT2D eigenvalue weighted by molar-refractivity contribution is -0.146. The van der Waals surface area contributed by atoms with Crippen LogP contribution in [0.4, 0.5) is 0 Å². The second kappa shape index (κ2) is 8.58. The maximum Gasteiger partial charge on any atom is 0.326 e.